The third-order valence-electron chi connectivity index (χ3n) is 5.24. The zero-order valence-corrected chi connectivity index (χ0v) is 20.6. The van der Waals surface area contributed by atoms with Crippen LogP contribution in [0.15, 0.2) is 82.2 Å². The van der Waals surface area contributed by atoms with E-state index >= 15 is 0 Å². The van der Waals surface area contributed by atoms with Gasteiger partial charge in [0.2, 0.25) is 15.9 Å². The molecule has 168 valence electrons. The maximum Gasteiger partial charge on any atom is 0.243 e. The lowest BCUT2D eigenvalue weighted by atomic mass is 10.0. The lowest BCUT2D eigenvalue weighted by Crippen LogP contribution is -2.37. The van der Waals surface area contributed by atoms with Gasteiger partial charge in [0.25, 0.3) is 0 Å². The van der Waals surface area contributed by atoms with E-state index in [1.165, 1.54) is 4.31 Å². The third-order valence-corrected chi connectivity index (χ3v) is 7.57. The number of anilines is 1. The van der Waals surface area contributed by atoms with E-state index in [9.17, 15) is 13.2 Å². The molecule has 1 amide bonds. The first kappa shape index (κ1) is 24.2. The van der Waals surface area contributed by atoms with Crippen molar-refractivity contribution in [2.75, 3.05) is 11.9 Å². The molecule has 0 bridgehead atoms. The molecule has 0 saturated heterocycles. The molecule has 0 aromatic heterocycles. The summed E-state index contributed by atoms with van der Waals surface area (Å²) in [6.07, 6.45) is 1.54. The van der Waals surface area contributed by atoms with Crippen LogP contribution in [-0.4, -0.2) is 25.2 Å². The van der Waals surface area contributed by atoms with Gasteiger partial charge in [0.15, 0.2) is 0 Å². The summed E-state index contributed by atoms with van der Waals surface area (Å²) >= 11 is 3.40. The fraction of sp³-hybridized carbons (Fsp3) is 0.240. The average Bonchev–Trinajstić information content (AvgIpc) is 2.80. The van der Waals surface area contributed by atoms with Crippen molar-refractivity contribution in [3.8, 4) is 0 Å². The van der Waals surface area contributed by atoms with Crippen molar-refractivity contribution in [2.24, 2.45) is 0 Å². The van der Waals surface area contributed by atoms with Gasteiger partial charge in [-0.2, -0.15) is 4.31 Å². The Morgan fingerprint density at radius 1 is 0.875 bits per heavy atom. The largest absolute Gasteiger partial charge is 0.324 e. The summed E-state index contributed by atoms with van der Waals surface area (Å²) in [6.45, 7) is 3.87. The van der Waals surface area contributed by atoms with Gasteiger partial charge in [0.1, 0.15) is 0 Å². The number of nitrogens with zero attached hydrogens (tertiary/aromatic N) is 1. The second-order valence-corrected chi connectivity index (χ2v) is 10.3. The van der Waals surface area contributed by atoms with Crippen LogP contribution in [0, 0.1) is 0 Å². The van der Waals surface area contributed by atoms with E-state index in [2.05, 4.69) is 21.2 Å². The first-order chi connectivity index (χ1) is 15.3. The quantitative estimate of drug-likeness (QED) is 0.415. The lowest BCUT2D eigenvalue weighted by molar-refractivity contribution is -0.116. The van der Waals surface area contributed by atoms with Crippen molar-refractivity contribution in [1.82, 2.24) is 4.31 Å². The van der Waals surface area contributed by atoms with E-state index in [-0.39, 0.29) is 23.9 Å². The zero-order valence-electron chi connectivity index (χ0n) is 18.2. The van der Waals surface area contributed by atoms with Gasteiger partial charge in [-0.3, -0.25) is 4.79 Å². The van der Waals surface area contributed by atoms with Crippen LogP contribution in [0.2, 0.25) is 0 Å². The number of nitrogens with one attached hydrogen (secondary N) is 1. The maximum absolute atomic E-state index is 13.4. The van der Waals surface area contributed by atoms with Gasteiger partial charge in [-0.05, 0) is 53.8 Å². The molecule has 0 heterocycles. The molecule has 0 atom stereocenters. The van der Waals surface area contributed by atoms with Crippen molar-refractivity contribution in [3.63, 3.8) is 0 Å². The van der Waals surface area contributed by atoms with Gasteiger partial charge >= 0.3 is 0 Å². The maximum atomic E-state index is 13.4. The standard InChI is InChI=1S/C25H27BrN2O3S/c1-3-20-9-8-10-21(4-2)25(20)27-24(29)18-28(17-19-13-15-22(26)16-14-19)32(30,31)23-11-6-5-7-12-23/h5-16H,3-4,17-18H2,1-2H3,(H,27,29). The topological polar surface area (TPSA) is 66.5 Å². The summed E-state index contributed by atoms with van der Waals surface area (Å²) in [5.41, 5.74) is 3.64. The minimum atomic E-state index is -3.87. The van der Waals surface area contributed by atoms with Crippen LogP contribution in [0.5, 0.6) is 0 Å². The number of carbonyl (C=O) groups excluding carboxylic acids is 1. The van der Waals surface area contributed by atoms with Crippen molar-refractivity contribution in [1.29, 1.82) is 0 Å². The van der Waals surface area contributed by atoms with Gasteiger partial charge in [0, 0.05) is 16.7 Å². The summed E-state index contributed by atoms with van der Waals surface area (Å²) in [5.74, 6) is -0.364. The Morgan fingerprint density at radius 3 is 2.03 bits per heavy atom. The number of hydrogen-bond donors (Lipinski definition) is 1. The third kappa shape index (κ3) is 5.85. The highest BCUT2D eigenvalue weighted by Gasteiger charge is 2.27. The Kier molecular flexibility index (Phi) is 8.23. The van der Waals surface area contributed by atoms with Gasteiger partial charge in [-0.1, -0.05) is 78.3 Å². The molecule has 0 saturated carbocycles. The number of para-hydroxylation sites is 1. The predicted molar refractivity (Wildman–Crippen MR) is 132 cm³/mol. The first-order valence-electron chi connectivity index (χ1n) is 10.6. The molecule has 0 aliphatic heterocycles. The van der Waals surface area contributed by atoms with E-state index in [4.69, 9.17) is 0 Å². The zero-order chi connectivity index (χ0) is 23.1. The number of carbonyl (C=O) groups is 1. The molecule has 0 aliphatic rings. The highest BCUT2D eigenvalue weighted by molar-refractivity contribution is 9.10. The van der Waals surface area contributed by atoms with Gasteiger partial charge in [-0.25, -0.2) is 8.42 Å². The highest BCUT2D eigenvalue weighted by Crippen LogP contribution is 2.24. The molecule has 32 heavy (non-hydrogen) atoms. The fourth-order valence-corrected chi connectivity index (χ4v) is 5.17. The van der Waals surface area contributed by atoms with Crippen LogP contribution in [0.1, 0.15) is 30.5 Å². The Balaban J connectivity index is 1.90. The minimum Gasteiger partial charge on any atom is -0.324 e. The summed E-state index contributed by atoms with van der Waals surface area (Å²) in [5, 5.41) is 2.98. The van der Waals surface area contributed by atoms with E-state index in [0.29, 0.717) is 0 Å². The van der Waals surface area contributed by atoms with Crippen LogP contribution >= 0.6 is 15.9 Å². The molecular formula is C25H27BrN2O3S. The molecule has 3 rings (SSSR count). The van der Waals surface area contributed by atoms with Crippen LogP contribution < -0.4 is 5.32 Å². The Hall–Kier alpha value is -2.48. The van der Waals surface area contributed by atoms with Crippen molar-refractivity contribution in [2.45, 2.75) is 38.1 Å². The molecule has 7 heteroatoms. The summed E-state index contributed by atoms with van der Waals surface area (Å²) in [4.78, 5) is 13.2. The first-order valence-corrected chi connectivity index (χ1v) is 12.8. The van der Waals surface area contributed by atoms with Gasteiger partial charge in [-0.15, -0.1) is 0 Å². The molecule has 3 aromatic rings. The lowest BCUT2D eigenvalue weighted by Gasteiger charge is -2.23. The SMILES string of the molecule is CCc1cccc(CC)c1NC(=O)CN(Cc1ccc(Br)cc1)S(=O)(=O)c1ccccc1. The Bertz CT molecular complexity index is 1140. The number of halogens is 1. The van der Waals surface area contributed by atoms with E-state index in [0.717, 1.165) is 39.7 Å². The molecule has 1 N–H and O–H groups in total. The van der Waals surface area contributed by atoms with Crippen LogP contribution in [0.25, 0.3) is 0 Å². The van der Waals surface area contributed by atoms with Gasteiger partial charge in [0.05, 0.1) is 11.4 Å². The summed E-state index contributed by atoms with van der Waals surface area (Å²) in [6, 6.07) is 21.5. The van der Waals surface area contributed by atoms with E-state index in [1.807, 2.05) is 56.3 Å². The Labute approximate surface area is 198 Å². The minimum absolute atomic E-state index is 0.0913. The number of sulfonamides is 1. The second-order valence-electron chi connectivity index (χ2n) is 7.42. The van der Waals surface area contributed by atoms with E-state index < -0.39 is 10.0 Å². The van der Waals surface area contributed by atoms with Gasteiger partial charge < -0.3 is 5.32 Å². The van der Waals surface area contributed by atoms with Crippen LogP contribution in [-0.2, 0) is 34.2 Å². The van der Waals surface area contributed by atoms with Crippen molar-refractivity contribution >= 4 is 37.5 Å². The molecule has 0 aliphatic carbocycles. The molecule has 0 spiro atoms. The summed E-state index contributed by atoms with van der Waals surface area (Å²) in [7, 11) is -3.87. The number of amides is 1. The van der Waals surface area contributed by atoms with Crippen LogP contribution in [0.3, 0.4) is 0 Å². The van der Waals surface area contributed by atoms with E-state index in [1.54, 1.807) is 30.3 Å². The molecule has 3 aromatic carbocycles. The number of aryl methyl sites for hydroxylation is 2. The molecule has 0 radical (unpaired) electrons. The molecule has 0 fully saturated rings. The molecule has 5 nitrogen and oxygen atoms in total. The van der Waals surface area contributed by atoms with Crippen molar-refractivity contribution in [3.05, 3.63) is 94.0 Å². The monoisotopic (exact) mass is 514 g/mol. The fourth-order valence-electron chi connectivity index (χ4n) is 3.50. The summed E-state index contributed by atoms with van der Waals surface area (Å²) < 4.78 is 28.9. The van der Waals surface area contributed by atoms with Crippen molar-refractivity contribution < 1.29 is 13.2 Å². The number of rotatable bonds is 9. The second kappa shape index (κ2) is 10.9. The number of benzene rings is 3. The highest BCUT2D eigenvalue weighted by atomic mass is 79.9. The normalized spacial score (nSPS) is 11.5. The van der Waals surface area contributed by atoms with Crippen LogP contribution in [0.4, 0.5) is 5.69 Å². The Morgan fingerprint density at radius 2 is 1.47 bits per heavy atom. The average molecular weight is 515 g/mol. The smallest absolute Gasteiger partial charge is 0.243 e. The number of hydrogen-bond acceptors (Lipinski definition) is 3. The predicted octanol–water partition coefficient (Wildman–Crippen LogP) is 5.40. The molecule has 0 unspecified atom stereocenters. The molecular weight excluding hydrogens is 488 g/mol.